The van der Waals surface area contributed by atoms with Crippen LogP contribution in [-0.2, 0) is 0 Å². The lowest BCUT2D eigenvalue weighted by Crippen LogP contribution is -2.37. The zero-order valence-corrected chi connectivity index (χ0v) is 13.7. The lowest BCUT2D eigenvalue weighted by Gasteiger charge is -2.11. The van der Waals surface area contributed by atoms with E-state index in [1.807, 2.05) is 6.92 Å². The molecule has 1 aliphatic heterocycles. The van der Waals surface area contributed by atoms with Gasteiger partial charge in [0.05, 0.1) is 23.1 Å². The molecule has 124 valence electrons. The molecule has 2 aromatic rings. The predicted octanol–water partition coefficient (Wildman–Crippen LogP) is 2.22. The third kappa shape index (κ3) is 3.89. The van der Waals surface area contributed by atoms with E-state index in [1.165, 1.54) is 12.1 Å². The van der Waals surface area contributed by atoms with Gasteiger partial charge < -0.3 is 10.6 Å². The van der Waals surface area contributed by atoms with Crippen LogP contribution in [0.1, 0.15) is 28.9 Å². The maximum absolute atomic E-state index is 13.0. The van der Waals surface area contributed by atoms with Crippen molar-refractivity contribution in [3.05, 3.63) is 47.5 Å². The van der Waals surface area contributed by atoms with E-state index >= 15 is 0 Å². The van der Waals surface area contributed by atoms with Gasteiger partial charge in [0.15, 0.2) is 0 Å². The lowest BCUT2D eigenvalue weighted by atomic mass is 10.2. The summed E-state index contributed by atoms with van der Waals surface area (Å²) in [5, 5.41) is 10.5. The van der Waals surface area contributed by atoms with E-state index in [0.29, 0.717) is 18.2 Å². The summed E-state index contributed by atoms with van der Waals surface area (Å²) in [4.78, 5) is 12.3. The summed E-state index contributed by atoms with van der Waals surface area (Å²) in [6, 6.07) is 6.39. The third-order valence-corrected chi connectivity index (χ3v) is 4.00. The smallest absolute Gasteiger partial charge is 0.254 e. The summed E-state index contributed by atoms with van der Waals surface area (Å²) in [5.41, 5.74) is 2.02. The minimum absolute atomic E-state index is 0. The molecule has 0 aliphatic carbocycles. The van der Waals surface area contributed by atoms with Crippen LogP contribution in [0.4, 0.5) is 4.39 Å². The fraction of sp³-hybridized carbons (Fsp3) is 0.375. The molecule has 1 atom stereocenters. The molecule has 7 heteroatoms. The van der Waals surface area contributed by atoms with Gasteiger partial charge in [-0.2, -0.15) is 5.10 Å². The first-order valence-electron chi connectivity index (χ1n) is 7.47. The summed E-state index contributed by atoms with van der Waals surface area (Å²) in [6.07, 6.45) is 3.80. The van der Waals surface area contributed by atoms with Gasteiger partial charge in [-0.3, -0.25) is 4.79 Å². The van der Waals surface area contributed by atoms with Crippen molar-refractivity contribution < 1.29 is 9.18 Å². The van der Waals surface area contributed by atoms with Crippen LogP contribution in [0.15, 0.2) is 30.5 Å². The Kier molecular flexibility index (Phi) is 5.74. The third-order valence-electron chi connectivity index (χ3n) is 4.00. The maximum atomic E-state index is 13.0. The number of carbonyl (C=O) groups excluding carboxylic acids is 1. The second kappa shape index (κ2) is 7.57. The van der Waals surface area contributed by atoms with Crippen molar-refractivity contribution >= 4 is 18.3 Å². The molecule has 1 unspecified atom stereocenters. The molecule has 5 nitrogen and oxygen atoms in total. The van der Waals surface area contributed by atoms with Crippen LogP contribution < -0.4 is 10.6 Å². The summed E-state index contributed by atoms with van der Waals surface area (Å²) < 4.78 is 14.6. The number of nitrogens with zero attached hydrogens (tertiary/aromatic N) is 2. The van der Waals surface area contributed by atoms with E-state index in [2.05, 4.69) is 15.7 Å². The second-order valence-corrected chi connectivity index (χ2v) is 5.54. The van der Waals surface area contributed by atoms with Crippen molar-refractivity contribution in [2.45, 2.75) is 25.8 Å². The van der Waals surface area contributed by atoms with Gasteiger partial charge in [-0.15, -0.1) is 12.4 Å². The Morgan fingerprint density at radius 3 is 2.83 bits per heavy atom. The molecule has 1 aromatic carbocycles. The van der Waals surface area contributed by atoms with Gasteiger partial charge in [-0.1, -0.05) is 0 Å². The van der Waals surface area contributed by atoms with Crippen LogP contribution in [0.3, 0.4) is 0 Å². The van der Waals surface area contributed by atoms with Gasteiger partial charge in [-0.25, -0.2) is 9.07 Å². The fourth-order valence-corrected chi connectivity index (χ4v) is 2.72. The summed E-state index contributed by atoms with van der Waals surface area (Å²) in [5.74, 6) is -0.421. The molecular weight excluding hydrogens is 319 g/mol. The molecule has 2 heterocycles. The topological polar surface area (TPSA) is 59.0 Å². The number of carbonyl (C=O) groups is 1. The molecule has 1 saturated heterocycles. The highest BCUT2D eigenvalue weighted by Crippen LogP contribution is 2.15. The Hall–Kier alpha value is -1.92. The molecule has 3 rings (SSSR count). The predicted molar refractivity (Wildman–Crippen MR) is 88.9 cm³/mol. The van der Waals surface area contributed by atoms with E-state index in [-0.39, 0.29) is 24.1 Å². The molecular formula is C16H20ClFN4O. The first kappa shape index (κ1) is 17.4. The first-order chi connectivity index (χ1) is 10.6. The molecule has 1 aromatic heterocycles. The van der Waals surface area contributed by atoms with Crippen LogP contribution in [0.2, 0.25) is 0 Å². The quantitative estimate of drug-likeness (QED) is 0.898. The van der Waals surface area contributed by atoms with Crippen LogP contribution in [0.25, 0.3) is 5.69 Å². The van der Waals surface area contributed by atoms with Crippen LogP contribution in [-0.4, -0.2) is 34.8 Å². The monoisotopic (exact) mass is 338 g/mol. The number of rotatable bonds is 4. The number of amides is 1. The SMILES string of the molecule is Cc1c(C(=O)NCC2CCCN2)cnn1-c1ccc(F)cc1.Cl. The molecule has 1 aliphatic rings. The Morgan fingerprint density at radius 2 is 2.17 bits per heavy atom. The Labute approximate surface area is 140 Å². The minimum Gasteiger partial charge on any atom is -0.350 e. The van der Waals surface area contributed by atoms with Gasteiger partial charge in [0.1, 0.15) is 5.82 Å². The molecule has 23 heavy (non-hydrogen) atoms. The van der Waals surface area contributed by atoms with E-state index in [1.54, 1.807) is 23.0 Å². The van der Waals surface area contributed by atoms with Gasteiger partial charge >= 0.3 is 0 Å². The lowest BCUT2D eigenvalue weighted by molar-refractivity contribution is 0.0949. The standard InChI is InChI=1S/C16H19FN4O.ClH/c1-11-15(16(22)19-9-13-3-2-8-18-13)10-20-21(11)14-6-4-12(17)5-7-14;/h4-7,10,13,18H,2-3,8-9H2,1H3,(H,19,22);1H. The summed E-state index contributed by atoms with van der Waals surface area (Å²) in [6.45, 7) is 3.47. The zero-order chi connectivity index (χ0) is 15.5. The van der Waals surface area contributed by atoms with Gasteiger partial charge in [0.25, 0.3) is 5.91 Å². The molecule has 1 amide bonds. The average Bonchev–Trinajstić information content (AvgIpc) is 3.15. The van der Waals surface area contributed by atoms with Crippen molar-refractivity contribution in [3.63, 3.8) is 0 Å². The highest BCUT2D eigenvalue weighted by Gasteiger charge is 2.18. The second-order valence-electron chi connectivity index (χ2n) is 5.54. The maximum Gasteiger partial charge on any atom is 0.254 e. The summed E-state index contributed by atoms with van der Waals surface area (Å²) >= 11 is 0. The molecule has 0 saturated carbocycles. The molecule has 0 radical (unpaired) electrons. The number of halogens is 2. The summed E-state index contributed by atoms with van der Waals surface area (Å²) in [7, 11) is 0. The van der Waals surface area contributed by atoms with E-state index in [4.69, 9.17) is 0 Å². The van der Waals surface area contributed by atoms with Gasteiger partial charge in [0.2, 0.25) is 0 Å². The first-order valence-corrected chi connectivity index (χ1v) is 7.47. The van der Waals surface area contributed by atoms with E-state index in [9.17, 15) is 9.18 Å². The number of nitrogens with one attached hydrogen (secondary N) is 2. The highest BCUT2D eigenvalue weighted by molar-refractivity contribution is 5.95. The largest absolute Gasteiger partial charge is 0.350 e. The highest BCUT2D eigenvalue weighted by atomic mass is 35.5. The van der Waals surface area contributed by atoms with Crippen molar-refractivity contribution in [1.29, 1.82) is 0 Å². The minimum atomic E-state index is -0.296. The van der Waals surface area contributed by atoms with Crippen molar-refractivity contribution in [3.8, 4) is 5.69 Å². The molecule has 0 spiro atoms. The van der Waals surface area contributed by atoms with E-state index < -0.39 is 0 Å². The van der Waals surface area contributed by atoms with E-state index in [0.717, 1.165) is 30.8 Å². The zero-order valence-electron chi connectivity index (χ0n) is 12.9. The van der Waals surface area contributed by atoms with Crippen molar-refractivity contribution in [2.24, 2.45) is 0 Å². The Morgan fingerprint density at radius 1 is 1.43 bits per heavy atom. The average molecular weight is 339 g/mol. The van der Waals surface area contributed by atoms with Crippen LogP contribution in [0, 0.1) is 12.7 Å². The normalized spacial score (nSPS) is 16.9. The Balaban J connectivity index is 0.00000192. The van der Waals surface area contributed by atoms with Crippen LogP contribution >= 0.6 is 12.4 Å². The number of benzene rings is 1. The van der Waals surface area contributed by atoms with Gasteiger partial charge in [0, 0.05) is 12.6 Å². The van der Waals surface area contributed by atoms with Gasteiger partial charge in [-0.05, 0) is 50.6 Å². The van der Waals surface area contributed by atoms with Crippen molar-refractivity contribution in [1.82, 2.24) is 20.4 Å². The molecule has 2 N–H and O–H groups in total. The molecule has 1 fully saturated rings. The fourth-order valence-electron chi connectivity index (χ4n) is 2.72. The number of aromatic nitrogens is 2. The van der Waals surface area contributed by atoms with Crippen molar-refractivity contribution in [2.75, 3.05) is 13.1 Å². The molecule has 0 bridgehead atoms. The number of hydrogen-bond donors (Lipinski definition) is 2. The van der Waals surface area contributed by atoms with Crippen LogP contribution in [0.5, 0.6) is 0 Å². The Bertz CT molecular complexity index is 665. The number of hydrogen-bond acceptors (Lipinski definition) is 3.